The van der Waals surface area contributed by atoms with Crippen LogP contribution in [0, 0.1) is 13.8 Å². The zero-order valence-corrected chi connectivity index (χ0v) is 11.9. The van der Waals surface area contributed by atoms with Crippen molar-refractivity contribution in [3.05, 3.63) is 45.4 Å². The quantitative estimate of drug-likeness (QED) is 0.841. The first-order chi connectivity index (χ1) is 9.04. The maximum atomic E-state index is 11.8. The average Bonchev–Trinajstić information content (AvgIpc) is 2.69. The Labute approximate surface area is 116 Å². The molecule has 4 nitrogen and oxygen atoms in total. The molecule has 0 spiro atoms. The third kappa shape index (κ3) is 3.79. The van der Waals surface area contributed by atoms with E-state index in [4.69, 9.17) is 5.73 Å². The van der Waals surface area contributed by atoms with Gasteiger partial charge in [0.2, 0.25) is 5.91 Å². The fourth-order valence-electron chi connectivity index (χ4n) is 1.67. The standard InChI is InChI=1S/C14H17N3OS/c1-9-10(2)19-14(17-9)8-16-13(18)7-11-3-5-12(15)6-4-11/h3-6H,7-8,15H2,1-2H3,(H,16,18). The maximum Gasteiger partial charge on any atom is 0.224 e. The van der Waals surface area contributed by atoms with E-state index in [1.807, 2.05) is 26.0 Å². The van der Waals surface area contributed by atoms with E-state index < -0.39 is 0 Å². The summed E-state index contributed by atoms with van der Waals surface area (Å²) in [5, 5.41) is 3.83. The minimum absolute atomic E-state index is 0.00437. The van der Waals surface area contributed by atoms with Crippen molar-refractivity contribution >= 4 is 22.9 Å². The second kappa shape index (κ2) is 5.84. The van der Waals surface area contributed by atoms with Crippen LogP contribution in [0.5, 0.6) is 0 Å². The second-order valence-electron chi connectivity index (χ2n) is 4.44. The Kier molecular flexibility index (Phi) is 4.16. The lowest BCUT2D eigenvalue weighted by Crippen LogP contribution is -2.24. The van der Waals surface area contributed by atoms with Crippen molar-refractivity contribution in [2.45, 2.75) is 26.8 Å². The zero-order chi connectivity index (χ0) is 13.8. The van der Waals surface area contributed by atoms with Crippen molar-refractivity contribution in [1.29, 1.82) is 0 Å². The first kappa shape index (κ1) is 13.5. The second-order valence-corrected chi connectivity index (χ2v) is 5.73. The molecule has 0 aliphatic rings. The van der Waals surface area contributed by atoms with Gasteiger partial charge in [-0.05, 0) is 31.5 Å². The molecule has 0 bridgehead atoms. The number of benzene rings is 1. The van der Waals surface area contributed by atoms with Gasteiger partial charge in [0.1, 0.15) is 5.01 Å². The lowest BCUT2D eigenvalue weighted by Gasteiger charge is -2.03. The molecule has 0 unspecified atom stereocenters. The number of carbonyl (C=O) groups is 1. The van der Waals surface area contributed by atoms with Crippen LogP contribution in [-0.2, 0) is 17.8 Å². The molecule has 0 atom stereocenters. The molecule has 1 heterocycles. The number of aryl methyl sites for hydroxylation is 2. The number of nitrogens with two attached hydrogens (primary N) is 1. The topological polar surface area (TPSA) is 68.0 Å². The van der Waals surface area contributed by atoms with Crippen molar-refractivity contribution in [3.63, 3.8) is 0 Å². The number of carbonyl (C=O) groups excluding carboxylic acids is 1. The Balaban J connectivity index is 1.86. The molecule has 0 saturated heterocycles. The Morgan fingerprint density at radius 2 is 2.00 bits per heavy atom. The molecule has 1 aromatic carbocycles. The van der Waals surface area contributed by atoms with Gasteiger partial charge in [0.25, 0.3) is 0 Å². The van der Waals surface area contributed by atoms with Crippen molar-refractivity contribution in [3.8, 4) is 0 Å². The Morgan fingerprint density at radius 3 is 2.58 bits per heavy atom. The van der Waals surface area contributed by atoms with Crippen LogP contribution >= 0.6 is 11.3 Å². The first-order valence-electron chi connectivity index (χ1n) is 6.08. The monoisotopic (exact) mass is 275 g/mol. The van der Waals surface area contributed by atoms with E-state index in [2.05, 4.69) is 10.3 Å². The van der Waals surface area contributed by atoms with Gasteiger partial charge in [0, 0.05) is 10.6 Å². The molecule has 0 aliphatic heterocycles. The number of nitrogens with zero attached hydrogens (tertiary/aromatic N) is 1. The number of hydrogen-bond donors (Lipinski definition) is 2. The highest BCUT2D eigenvalue weighted by molar-refractivity contribution is 7.11. The number of thiazole rings is 1. The fraction of sp³-hybridized carbons (Fsp3) is 0.286. The highest BCUT2D eigenvalue weighted by Crippen LogP contribution is 2.16. The Bertz CT molecular complexity index is 555. The molecule has 0 saturated carbocycles. The summed E-state index contributed by atoms with van der Waals surface area (Å²) in [7, 11) is 0. The van der Waals surface area contributed by atoms with Gasteiger partial charge in [0.15, 0.2) is 0 Å². The van der Waals surface area contributed by atoms with E-state index >= 15 is 0 Å². The SMILES string of the molecule is Cc1nc(CNC(=O)Cc2ccc(N)cc2)sc1C. The van der Waals surface area contributed by atoms with Gasteiger partial charge in [-0.2, -0.15) is 0 Å². The molecule has 100 valence electrons. The predicted molar refractivity (Wildman–Crippen MR) is 78.0 cm³/mol. The summed E-state index contributed by atoms with van der Waals surface area (Å²) < 4.78 is 0. The zero-order valence-electron chi connectivity index (χ0n) is 11.1. The van der Waals surface area contributed by atoms with Crippen molar-refractivity contribution in [1.82, 2.24) is 10.3 Å². The Morgan fingerprint density at radius 1 is 1.32 bits per heavy atom. The van der Waals surface area contributed by atoms with Gasteiger partial charge in [0.05, 0.1) is 18.7 Å². The fourth-order valence-corrected chi connectivity index (χ4v) is 2.55. The van der Waals surface area contributed by atoms with Gasteiger partial charge in [-0.3, -0.25) is 4.79 Å². The van der Waals surface area contributed by atoms with Crippen LogP contribution in [0.15, 0.2) is 24.3 Å². The summed E-state index contributed by atoms with van der Waals surface area (Å²) in [5.74, 6) is -0.00437. The molecular weight excluding hydrogens is 258 g/mol. The van der Waals surface area contributed by atoms with Gasteiger partial charge >= 0.3 is 0 Å². The van der Waals surface area contributed by atoms with Crippen LogP contribution in [0.25, 0.3) is 0 Å². The number of nitrogen functional groups attached to an aromatic ring is 1. The van der Waals surface area contributed by atoms with E-state index in [0.29, 0.717) is 18.7 Å². The maximum absolute atomic E-state index is 11.8. The molecule has 2 rings (SSSR count). The van der Waals surface area contributed by atoms with Crippen LogP contribution in [0.1, 0.15) is 21.1 Å². The molecule has 1 amide bonds. The van der Waals surface area contributed by atoms with Crippen molar-refractivity contribution < 1.29 is 4.79 Å². The van der Waals surface area contributed by atoms with E-state index in [1.54, 1.807) is 23.5 Å². The van der Waals surface area contributed by atoms with Crippen LogP contribution in [-0.4, -0.2) is 10.9 Å². The van der Waals surface area contributed by atoms with Crippen LogP contribution < -0.4 is 11.1 Å². The molecule has 19 heavy (non-hydrogen) atoms. The summed E-state index contributed by atoms with van der Waals surface area (Å²) in [4.78, 5) is 17.4. The van der Waals surface area contributed by atoms with Gasteiger partial charge in [-0.1, -0.05) is 12.1 Å². The normalized spacial score (nSPS) is 10.4. The number of nitrogens with one attached hydrogen (secondary N) is 1. The summed E-state index contributed by atoms with van der Waals surface area (Å²) in [6.45, 7) is 4.51. The molecule has 0 radical (unpaired) electrons. The summed E-state index contributed by atoms with van der Waals surface area (Å²) >= 11 is 1.62. The molecule has 1 aromatic heterocycles. The lowest BCUT2D eigenvalue weighted by molar-refractivity contribution is -0.120. The number of aromatic nitrogens is 1. The van der Waals surface area contributed by atoms with E-state index in [1.165, 1.54) is 4.88 Å². The number of rotatable bonds is 4. The van der Waals surface area contributed by atoms with Crippen LogP contribution in [0.2, 0.25) is 0 Å². The minimum atomic E-state index is -0.00437. The molecule has 3 N–H and O–H groups in total. The van der Waals surface area contributed by atoms with Gasteiger partial charge in [-0.25, -0.2) is 4.98 Å². The van der Waals surface area contributed by atoms with Crippen molar-refractivity contribution in [2.75, 3.05) is 5.73 Å². The third-order valence-corrected chi connectivity index (χ3v) is 3.93. The summed E-state index contributed by atoms with van der Waals surface area (Å²) in [5.41, 5.74) is 8.30. The molecule has 2 aromatic rings. The summed E-state index contributed by atoms with van der Waals surface area (Å²) in [6, 6.07) is 7.34. The van der Waals surface area contributed by atoms with E-state index in [-0.39, 0.29) is 5.91 Å². The minimum Gasteiger partial charge on any atom is -0.399 e. The van der Waals surface area contributed by atoms with Crippen LogP contribution in [0.3, 0.4) is 0 Å². The van der Waals surface area contributed by atoms with E-state index in [0.717, 1.165) is 16.3 Å². The summed E-state index contributed by atoms with van der Waals surface area (Å²) in [6.07, 6.45) is 0.365. The molecule has 0 fully saturated rings. The van der Waals surface area contributed by atoms with Gasteiger partial charge < -0.3 is 11.1 Å². The molecule has 0 aliphatic carbocycles. The highest BCUT2D eigenvalue weighted by Gasteiger charge is 2.06. The molecule has 5 heteroatoms. The number of amides is 1. The third-order valence-electron chi connectivity index (χ3n) is 2.85. The number of hydrogen-bond acceptors (Lipinski definition) is 4. The predicted octanol–water partition coefficient (Wildman–Crippen LogP) is 2.20. The first-order valence-corrected chi connectivity index (χ1v) is 6.90. The largest absolute Gasteiger partial charge is 0.399 e. The number of anilines is 1. The smallest absolute Gasteiger partial charge is 0.224 e. The highest BCUT2D eigenvalue weighted by atomic mass is 32.1. The van der Waals surface area contributed by atoms with E-state index in [9.17, 15) is 4.79 Å². The molecular formula is C14H17N3OS. The van der Waals surface area contributed by atoms with Gasteiger partial charge in [-0.15, -0.1) is 11.3 Å². The Hall–Kier alpha value is -1.88. The lowest BCUT2D eigenvalue weighted by atomic mass is 10.1. The van der Waals surface area contributed by atoms with Crippen LogP contribution in [0.4, 0.5) is 5.69 Å². The van der Waals surface area contributed by atoms with Crippen molar-refractivity contribution in [2.24, 2.45) is 0 Å². The average molecular weight is 275 g/mol.